The second-order valence-corrected chi connectivity index (χ2v) is 9.04. The lowest BCUT2D eigenvalue weighted by Crippen LogP contribution is -2.45. The van der Waals surface area contributed by atoms with Crippen molar-refractivity contribution >= 4 is 51.0 Å². The number of benzene rings is 2. The van der Waals surface area contributed by atoms with E-state index in [4.69, 9.17) is 16.3 Å². The Morgan fingerprint density at radius 3 is 2.22 bits per heavy atom. The summed E-state index contributed by atoms with van der Waals surface area (Å²) in [6.45, 7) is 6.70. The van der Waals surface area contributed by atoms with E-state index in [1.165, 1.54) is 12.1 Å². The average molecular weight is 532 g/mol. The molecule has 0 aromatic heterocycles. The molecule has 1 atom stereocenters. The van der Waals surface area contributed by atoms with Gasteiger partial charge in [-0.3, -0.25) is 9.59 Å². The molecule has 0 aliphatic rings. The van der Waals surface area contributed by atoms with E-state index in [1.807, 2.05) is 0 Å². The van der Waals surface area contributed by atoms with Crippen molar-refractivity contribution in [3.05, 3.63) is 62.6 Å². The number of rotatable bonds is 6. The van der Waals surface area contributed by atoms with E-state index < -0.39 is 46.6 Å². The van der Waals surface area contributed by atoms with Crippen molar-refractivity contribution in [1.82, 2.24) is 5.32 Å². The van der Waals surface area contributed by atoms with E-state index in [-0.39, 0.29) is 27.2 Å². The number of ketones is 1. The fourth-order valence-electron chi connectivity index (χ4n) is 2.74. The van der Waals surface area contributed by atoms with E-state index in [0.29, 0.717) is 0 Å². The van der Waals surface area contributed by atoms with E-state index in [0.717, 1.165) is 18.2 Å². The van der Waals surface area contributed by atoms with E-state index in [9.17, 15) is 23.2 Å². The summed E-state index contributed by atoms with van der Waals surface area (Å²) in [5.74, 6) is -3.85. The zero-order valence-corrected chi connectivity index (χ0v) is 20.2. The van der Waals surface area contributed by atoms with Crippen LogP contribution in [0.15, 0.2) is 34.8 Å². The summed E-state index contributed by atoms with van der Waals surface area (Å²) >= 11 is 9.42. The Morgan fingerprint density at radius 1 is 1.09 bits per heavy atom. The highest BCUT2D eigenvalue weighted by Crippen LogP contribution is 2.34. The number of carbonyl (C=O) groups excluding carboxylic acids is 3. The molecule has 2 N–H and O–H groups in total. The molecule has 1 unspecified atom stereocenters. The second kappa shape index (κ2) is 10.4. The van der Waals surface area contributed by atoms with Crippen LogP contribution in [0.3, 0.4) is 0 Å². The van der Waals surface area contributed by atoms with Crippen molar-refractivity contribution in [2.24, 2.45) is 0 Å². The molecule has 2 rings (SSSR count). The van der Waals surface area contributed by atoms with E-state index in [1.54, 1.807) is 27.7 Å². The minimum atomic E-state index is -1.07. The SMILES string of the molecule is CCC(NC(=O)OC(C)(C)C)C(=O)Nc1ccc(Br)c(Cl)c1C(=O)c1c(F)cccc1F. The molecule has 6 nitrogen and oxygen atoms in total. The maximum atomic E-state index is 14.2. The zero-order chi connectivity index (χ0) is 24.2. The lowest BCUT2D eigenvalue weighted by atomic mass is 10.00. The van der Waals surface area contributed by atoms with Crippen LogP contribution in [0.1, 0.15) is 50.0 Å². The molecule has 2 amide bonds. The molecule has 10 heteroatoms. The lowest BCUT2D eigenvalue weighted by molar-refractivity contribution is -0.118. The Bertz CT molecular complexity index is 1040. The average Bonchev–Trinajstić information content (AvgIpc) is 2.67. The second-order valence-electron chi connectivity index (χ2n) is 7.81. The molecule has 0 bridgehead atoms. The number of ether oxygens (including phenoxy) is 1. The third-order valence-electron chi connectivity index (χ3n) is 4.19. The normalized spacial score (nSPS) is 12.1. The van der Waals surface area contributed by atoms with Crippen LogP contribution in [0.5, 0.6) is 0 Å². The molecule has 0 radical (unpaired) electrons. The van der Waals surface area contributed by atoms with Crippen LogP contribution < -0.4 is 10.6 Å². The quantitative estimate of drug-likeness (QED) is 0.458. The Morgan fingerprint density at radius 2 is 1.69 bits per heavy atom. The van der Waals surface area contributed by atoms with Gasteiger partial charge in [0.1, 0.15) is 23.3 Å². The molecule has 0 spiro atoms. The maximum absolute atomic E-state index is 14.2. The predicted octanol–water partition coefficient (Wildman–Crippen LogP) is 5.85. The van der Waals surface area contributed by atoms with Crippen LogP contribution in [0.25, 0.3) is 0 Å². The number of hydrogen-bond acceptors (Lipinski definition) is 4. The highest BCUT2D eigenvalue weighted by molar-refractivity contribution is 9.10. The van der Waals surface area contributed by atoms with Gasteiger partial charge in [-0.1, -0.05) is 24.6 Å². The van der Waals surface area contributed by atoms with Gasteiger partial charge in [-0.15, -0.1) is 0 Å². The van der Waals surface area contributed by atoms with Gasteiger partial charge in [0, 0.05) is 4.47 Å². The monoisotopic (exact) mass is 530 g/mol. The molecule has 2 aromatic carbocycles. The van der Waals surface area contributed by atoms with Crippen molar-refractivity contribution in [2.75, 3.05) is 5.32 Å². The molecule has 0 fully saturated rings. The van der Waals surface area contributed by atoms with Gasteiger partial charge in [-0.2, -0.15) is 0 Å². The summed E-state index contributed by atoms with van der Waals surface area (Å²) < 4.78 is 33.9. The third kappa shape index (κ3) is 6.26. The first-order valence-corrected chi connectivity index (χ1v) is 10.8. The van der Waals surface area contributed by atoms with Crippen LogP contribution in [0, 0.1) is 11.6 Å². The Labute approximate surface area is 197 Å². The van der Waals surface area contributed by atoms with Gasteiger partial charge in [0.15, 0.2) is 0 Å². The topological polar surface area (TPSA) is 84.5 Å². The summed E-state index contributed by atoms with van der Waals surface area (Å²) in [7, 11) is 0. The van der Waals surface area contributed by atoms with Crippen LogP contribution >= 0.6 is 27.5 Å². The number of amides is 2. The fourth-order valence-corrected chi connectivity index (χ4v) is 3.32. The van der Waals surface area contributed by atoms with Crippen molar-refractivity contribution in [2.45, 2.75) is 45.8 Å². The minimum absolute atomic E-state index is 0.0692. The number of carbonyl (C=O) groups is 3. The number of halogens is 4. The molecule has 32 heavy (non-hydrogen) atoms. The first-order valence-electron chi connectivity index (χ1n) is 9.62. The van der Waals surface area contributed by atoms with Gasteiger partial charge in [0.25, 0.3) is 0 Å². The highest BCUT2D eigenvalue weighted by atomic mass is 79.9. The summed E-state index contributed by atoms with van der Waals surface area (Å²) in [4.78, 5) is 37.8. The van der Waals surface area contributed by atoms with Crippen LogP contribution in [0.4, 0.5) is 19.3 Å². The Balaban J connectivity index is 2.38. The van der Waals surface area contributed by atoms with Crippen LogP contribution in [-0.4, -0.2) is 29.4 Å². The van der Waals surface area contributed by atoms with Crippen molar-refractivity contribution < 1.29 is 27.9 Å². The first-order chi connectivity index (χ1) is 14.9. The first kappa shape index (κ1) is 25.7. The van der Waals surface area contributed by atoms with Gasteiger partial charge in [-0.05, 0) is 67.4 Å². The standard InChI is InChI=1S/C22H22BrClF2N2O4/c1-5-14(28-21(31)32-22(2,3)4)20(30)27-15-10-9-11(23)18(24)17(15)19(29)16-12(25)7-6-8-13(16)26/h6-10,14H,5H2,1-4H3,(H,27,30)(H,28,31). The van der Waals surface area contributed by atoms with Crippen molar-refractivity contribution in [1.29, 1.82) is 0 Å². The van der Waals surface area contributed by atoms with Gasteiger partial charge < -0.3 is 15.4 Å². The van der Waals surface area contributed by atoms with E-state index in [2.05, 4.69) is 26.6 Å². The molecule has 0 saturated carbocycles. The molecule has 2 aromatic rings. The molecule has 172 valence electrons. The summed E-state index contributed by atoms with van der Waals surface area (Å²) in [6.07, 6.45) is -0.585. The highest BCUT2D eigenvalue weighted by Gasteiger charge is 2.28. The molecular weight excluding hydrogens is 510 g/mol. The predicted molar refractivity (Wildman–Crippen MR) is 121 cm³/mol. The van der Waals surface area contributed by atoms with Crippen LogP contribution in [-0.2, 0) is 9.53 Å². The number of nitrogens with one attached hydrogen (secondary N) is 2. The molecule has 0 saturated heterocycles. The minimum Gasteiger partial charge on any atom is -0.444 e. The number of hydrogen-bond donors (Lipinski definition) is 2. The Hall–Kier alpha value is -2.52. The zero-order valence-electron chi connectivity index (χ0n) is 17.8. The van der Waals surface area contributed by atoms with Gasteiger partial charge in [-0.25, -0.2) is 13.6 Å². The molecule has 0 aliphatic carbocycles. The van der Waals surface area contributed by atoms with Gasteiger partial charge >= 0.3 is 6.09 Å². The summed E-state index contributed by atoms with van der Waals surface area (Å²) in [5.41, 5.74) is -1.94. The molecule has 0 aliphatic heterocycles. The summed E-state index contributed by atoms with van der Waals surface area (Å²) in [6, 6.07) is 4.84. The van der Waals surface area contributed by atoms with Crippen molar-refractivity contribution in [3.63, 3.8) is 0 Å². The van der Waals surface area contributed by atoms with Crippen LogP contribution in [0.2, 0.25) is 5.02 Å². The third-order valence-corrected chi connectivity index (χ3v) is 5.47. The van der Waals surface area contributed by atoms with Gasteiger partial charge in [0.05, 0.1) is 21.8 Å². The largest absolute Gasteiger partial charge is 0.444 e. The lowest BCUT2D eigenvalue weighted by Gasteiger charge is -2.23. The molecular formula is C22H22BrClF2N2O4. The summed E-state index contributed by atoms with van der Waals surface area (Å²) in [5, 5.41) is 4.82. The molecule has 0 heterocycles. The van der Waals surface area contributed by atoms with E-state index >= 15 is 0 Å². The maximum Gasteiger partial charge on any atom is 0.408 e. The van der Waals surface area contributed by atoms with Gasteiger partial charge in [0.2, 0.25) is 11.7 Å². The number of alkyl carbamates (subject to hydrolysis) is 1. The Kier molecular flexibility index (Phi) is 8.36. The smallest absolute Gasteiger partial charge is 0.408 e. The fraction of sp³-hybridized carbons (Fsp3) is 0.318. The van der Waals surface area contributed by atoms with Crippen molar-refractivity contribution in [3.8, 4) is 0 Å². The number of anilines is 1.